The average molecular weight is 634 g/mol. The Labute approximate surface area is 270 Å². The van der Waals surface area contributed by atoms with Crippen LogP contribution in [0.3, 0.4) is 0 Å². The number of hydrogen-bond acceptors (Lipinski definition) is 6. The Kier molecular flexibility index (Phi) is 11.2. The second-order valence-corrected chi connectivity index (χ2v) is 12.0. The molecule has 2 aliphatic rings. The van der Waals surface area contributed by atoms with Crippen LogP contribution in [0, 0.1) is 0 Å². The third kappa shape index (κ3) is 8.35. The van der Waals surface area contributed by atoms with E-state index in [9.17, 15) is 9.59 Å². The molecular formula is C34H40ClN5O3S. The number of thiocarbonyl (C=S) groups is 1. The van der Waals surface area contributed by atoms with Gasteiger partial charge in [-0.15, -0.1) is 0 Å². The molecule has 8 nitrogen and oxygen atoms in total. The summed E-state index contributed by atoms with van der Waals surface area (Å²) in [6, 6.07) is 24.2. The third-order valence-electron chi connectivity index (χ3n) is 7.96. The molecule has 2 aliphatic heterocycles. The molecule has 5 rings (SSSR count). The molecule has 44 heavy (non-hydrogen) atoms. The molecule has 1 N–H and O–H groups in total. The fraction of sp³-hybridized carbons (Fsp3) is 0.382. The first-order valence-electron chi connectivity index (χ1n) is 15.3. The summed E-state index contributed by atoms with van der Waals surface area (Å²) in [6.45, 7) is 9.17. The predicted octanol–water partition coefficient (Wildman–Crippen LogP) is 5.67. The Hall–Kier alpha value is -3.50. The lowest BCUT2D eigenvalue weighted by Gasteiger charge is -2.35. The van der Waals surface area contributed by atoms with Crippen molar-refractivity contribution in [2.75, 3.05) is 56.1 Å². The van der Waals surface area contributed by atoms with E-state index in [0.29, 0.717) is 34.7 Å². The molecule has 2 heterocycles. The van der Waals surface area contributed by atoms with Gasteiger partial charge in [0.1, 0.15) is 11.8 Å². The van der Waals surface area contributed by atoms with Crippen LogP contribution in [0.2, 0.25) is 5.02 Å². The molecule has 1 atom stereocenters. The van der Waals surface area contributed by atoms with Gasteiger partial charge in [-0.1, -0.05) is 54.9 Å². The van der Waals surface area contributed by atoms with Gasteiger partial charge in [0.25, 0.3) is 5.91 Å². The summed E-state index contributed by atoms with van der Waals surface area (Å²) >= 11 is 12.1. The molecule has 0 aliphatic carbocycles. The second kappa shape index (κ2) is 15.5. The quantitative estimate of drug-likeness (QED) is 0.243. The van der Waals surface area contributed by atoms with Gasteiger partial charge in [-0.25, -0.2) is 0 Å². The molecule has 3 aromatic rings. The number of benzene rings is 3. The molecule has 0 bridgehead atoms. The zero-order valence-corrected chi connectivity index (χ0v) is 26.7. The molecule has 2 saturated heterocycles. The maximum atomic E-state index is 13.8. The van der Waals surface area contributed by atoms with Crippen LogP contribution < -0.4 is 15.0 Å². The molecular weight excluding hydrogens is 594 g/mol. The highest BCUT2D eigenvalue weighted by atomic mass is 35.5. The van der Waals surface area contributed by atoms with E-state index in [-0.39, 0.29) is 18.2 Å². The Bertz CT molecular complexity index is 1420. The van der Waals surface area contributed by atoms with Crippen LogP contribution in [-0.4, -0.2) is 83.5 Å². The summed E-state index contributed by atoms with van der Waals surface area (Å²) in [7, 11) is 0. The summed E-state index contributed by atoms with van der Waals surface area (Å²) in [5.41, 5.74) is 2.60. The van der Waals surface area contributed by atoms with E-state index >= 15 is 0 Å². The van der Waals surface area contributed by atoms with Crippen LogP contribution in [0.25, 0.3) is 0 Å². The minimum atomic E-state index is -0.698. The van der Waals surface area contributed by atoms with Crippen LogP contribution in [0.15, 0.2) is 78.9 Å². The van der Waals surface area contributed by atoms with Gasteiger partial charge in [-0.05, 0) is 79.6 Å². The van der Waals surface area contributed by atoms with E-state index in [1.807, 2.05) is 23.1 Å². The highest BCUT2D eigenvalue weighted by Gasteiger charge is 2.44. The van der Waals surface area contributed by atoms with Gasteiger partial charge in [-0.3, -0.25) is 19.4 Å². The molecule has 2 fully saturated rings. The monoisotopic (exact) mass is 633 g/mol. The van der Waals surface area contributed by atoms with Crippen LogP contribution in [0.1, 0.15) is 31.7 Å². The van der Waals surface area contributed by atoms with E-state index in [0.717, 1.165) is 57.9 Å². The van der Waals surface area contributed by atoms with Crippen molar-refractivity contribution < 1.29 is 14.3 Å². The van der Waals surface area contributed by atoms with Crippen molar-refractivity contribution >= 4 is 52.1 Å². The largest absolute Gasteiger partial charge is 0.494 e. The number of nitrogens with zero attached hydrogens (tertiary/aromatic N) is 4. The van der Waals surface area contributed by atoms with E-state index in [2.05, 4.69) is 52.4 Å². The number of halogens is 1. The lowest BCUT2D eigenvalue weighted by Crippen LogP contribution is -2.47. The van der Waals surface area contributed by atoms with Crippen LogP contribution in [0.4, 0.5) is 11.4 Å². The van der Waals surface area contributed by atoms with Gasteiger partial charge >= 0.3 is 0 Å². The number of carbonyl (C=O) groups excluding carboxylic acids is 2. The molecule has 0 spiro atoms. The highest BCUT2D eigenvalue weighted by molar-refractivity contribution is 7.80. The third-order valence-corrected chi connectivity index (χ3v) is 8.61. The average Bonchev–Trinajstić information content (AvgIpc) is 3.26. The zero-order valence-electron chi connectivity index (χ0n) is 25.2. The molecule has 0 saturated carbocycles. The topological polar surface area (TPSA) is 68.4 Å². The number of carbonyl (C=O) groups is 2. The SMILES string of the molecule is CCCOc1ccc(NC(=O)C[C@H]2C(=O)N(c3cccc(Cl)c3)C(=S)N2CCCN2CCN(Cc3ccccc3)CC2)cc1. The smallest absolute Gasteiger partial charge is 0.256 e. The Morgan fingerprint density at radius 3 is 2.39 bits per heavy atom. The van der Waals surface area contributed by atoms with Crippen molar-refractivity contribution in [1.82, 2.24) is 14.7 Å². The van der Waals surface area contributed by atoms with Gasteiger partial charge in [-0.2, -0.15) is 0 Å². The number of amides is 2. The van der Waals surface area contributed by atoms with Crippen LogP contribution in [-0.2, 0) is 16.1 Å². The highest BCUT2D eigenvalue weighted by Crippen LogP contribution is 2.29. The molecule has 0 radical (unpaired) electrons. The normalized spacial score (nSPS) is 17.7. The van der Waals surface area contributed by atoms with Crippen LogP contribution in [0.5, 0.6) is 5.75 Å². The molecule has 232 valence electrons. The lowest BCUT2D eigenvalue weighted by atomic mass is 10.1. The van der Waals surface area contributed by atoms with Crippen molar-refractivity contribution in [3.63, 3.8) is 0 Å². The zero-order chi connectivity index (χ0) is 30.9. The Morgan fingerprint density at radius 2 is 1.68 bits per heavy atom. The summed E-state index contributed by atoms with van der Waals surface area (Å²) in [6.07, 6.45) is 1.74. The van der Waals surface area contributed by atoms with Crippen molar-refractivity contribution in [3.05, 3.63) is 89.4 Å². The molecule has 0 unspecified atom stereocenters. The number of ether oxygens (including phenoxy) is 1. The van der Waals surface area contributed by atoms with E-state index < -0.39 is 6.04 Å². The summed E-state index contributed by atoms with van der Waals surface area (Å²) in [5.74, 6) is 0.285. The first-order chi connectivity index (χ1) is 21.4. The first kappa shape index (κ1) is 31.9. The summed E-state index contributed by atoms with van der Waals surface area (Å²) in [5, 5.41) is 3.85. The number of anilines is 2. The fourth-order valence-corrected chi connectivity index (χ4v) is 6.26. The van der Waals surface area contributed by atoms with Crippen molar-refractivity contribution in [1.29, 1.82) is 0 Å². The van der Waals surface area contributed by atoms with Gasteiger partial charge in [0.05, 0.1) is 18.7 Å². The maximum Gasteiger partial charge on any atom is 0.256 e. The van der Waals surface area contributed by atoms with Gasteiger partial charge < -0.3 is 19.9 Å². The number of piperazine rings is 1. The first-order valence-corrected chi connectivity index (χ1v) is 16.1. The van der Waals surface area contributed by atoms with E-state index in [1.165, 1.54) is 10.5 Å². The number of nitrogens with one attached hydrogen (secondary N) is 1. The van der Waals surface area contributed by atoms with Crippen LogP contribution >= 0.6 is 23.8 Å². The van der Waals surface area contributed by atoms with Crippen molar-refractivity contribution in [2.24, 2.45) is 0 Å². The minimum absolute atomic E-state index is 0.0116. The van der Waals surface area contributed by atoms with Gasteiger partial charge in [0.15, 0.2) is 5.11 Å². The number of rotatable bonds is 13. The van der Waals surface area contributed by atoms with Gasteiger partial charge in [0, 0.05) is 50.0 Å². The van der Waals surface area contributed by atoms with E-state index in [1.54, 1.807) is 30.3 Å². The van der Waals surface area contributed by atoms with Crippen molar-refractivity contribution in [2.45, 2.75) is 38.8 Å². The maximum absolute atomic E-state index is 13.8. The number of hydrogen-bond donors (Lipinski definition) is 1. The molecule has 3 aromatic carbocycles. The minimum Gasteiger partial charge on any atom is -0.494 e. The standard InChI is InChI=1S/C34H40ClN5O3S/c1-2-22-43-30-14-12-28(13-15-30)36-32(41)24-31-33(42)40(29-11-6-10-27(35)23-29)34(44)39(31)17-7-16-37-18-20-38(21-19-37)25-26-8-4-3-5-9-26/h3-6,8-15,23,31H,2,7,16-22,24-25H2,1H3,(H,36,41)/t31-/m0/s1. The van der Waals surface area contributed by atoms with Gasteiger partial charge in [0.2, 0.25) is 5.91 Å². The Balaban J connectivity index is 1.19. The Morgan fingerprint density at radius 1 is 0.955 bits per heavy atom. The fourth-order valence-electron chi connectivity index (χ4n) is 5.66. The van der Waals surface area contributed by atoms with Crippen molar-refractivity contribution in [3.8, 4) is 5.75 Å². The molecule has 10 heteroatoms. The second-order valence-electron chi connectivity index (χ2n) is 11.2. The van der Waals surface area contributed by atoms with E-state index in [4.69, 9.17) is 28.6 Å². The predicted molar refractivity (Wildman–Crippen MR) is 180 cm³/mol. The summed E-state index contributed by atoms with van der Waals surface area (Å²) < 4.78 is 5.64. The lowest BCUT2D eigenvalue weighted by molar-refractivity contribution is -0.124. The summed E-state index contributed by atoms with van der Waals surface area (Å²) in [4.78, 5) is 35.3. The molecule has 2 amide bonds. The molecule has 0 aromatic heterocycles.